The molecule has 0 rings (SSSR count). The molecule has 1 amide bonds. The van der Waals surface area contributed by atoms with Crippen LogP contribution in [0.1, 0.15) is 264 Å². The number of carbonyl (C=O) groups is 2. The number of unbranched alkanes of at least 4 members (excludes halogenated alkanes) is 31. The van der Waals surface area contributed by atoms with Gasteiger partial charge in [-0.3, -0.25) is 9.59 Å². The van der Waals surface area contributed by atoms with Crippen LogP contribution in [-0.2, 0) is 14.3 Å². The molecule has 0 heterocycles. The van der Waals surface area contributed by atoms with Gasteiger partial charge in [0.05, 0.1) is 25.4 Å². The average molecular weight is 856 g/mol. The van der Waals surface area contributed by atoms with Crippen LogP contribution in [0, 0.1) is 0 Å². The van der Waals surface area contributed by atoms with Gasteiger partial charge in [-0.15, -0.1) is 0 Å². The van der Waals surface area contributed by atoms with Crippen molar-refractivity contribution in [2.75, 3.05) is 13.2 Å². The largest absolute Gasteiger partial charge is 0.466 e. The molecule has 2 atom stereocenters. The Labute approximate surface area is 378 Å². The molecule has 0 aliphatic carbocycles. The number of allylic oxidation sites excluding steroid dienone is 7. The van der Waals surface area contributed by atoms with Gasteiger partial charge in [0.1, 0.15) is 0 Å². The van der Waals surface area contributed by atoms with Gasteiger partial charge in [0, 0.05) is 12.8 Å². The predicted octanol–water partition coefficient (Wildman–Crippen LogP) is 15.8. The molecule has 0 aliphatic rings. The third-order valence-electron chi connectivity index (χ3n) is 11.8. The molecule has 0 aromatic rings. The highest BCUT2D eigenvalue weighted by atomic mass is 16.5. The second kappa shape index (κ2) is 50.5. The summed E-state index contributed by atoms with van der Waals surface area (Å²) in [7, 11) is 0. The van der Waals surface area contributed by atoms with Crippen LogP contribution in [-0.4, -0.2) is 47.4 Å². The van der Waals surface area contributed by atoms with Gasteiger partial charge >= 0.3 is 5.97 Å². The molecule has 0 saturated heterocycles. The van der Waals surface area contributed by atoms with Crippen LogP contribution in [0.15, 0.2) is 48.6 Å². The Balaban J connectivity index is 3.49. The van der Waals surface area contributed by atoms with E-state index < -0.39 is 12.1 Å². The first-order valence-corrected chi connectivity index (χ1v) is 26.4. The van der Waals surface area contributed by atoms with Crippen LogP contribution in [0.25, 0.3) is 0 Å². The summed E-state index contributed by atoms with van der Waals surface area (Å²) in [6.45, 7) is 4.82. The number of aliphatic hydroxyl groups is 2. The zero-order valence-electron chi connectivity index (χ0n) is 40.4. The molecule has 0 bridgehead atoms. The van der Waals surface area contributed by atoms with E-state index in [0.29, 0.717) is 19.4 Å². The zero-order chi connectivity index (χ0) is 44.4. The smallest absolute Gasteiger partial charge is 0.305 e. The van der Waals surface area contributed by atoms with Gasteiger partial charge in [-0.1, -0.05) is 217 Å². The normalized spacial score (nSPS) is 13.0. The lowest BCUT2D eigenvalue weighted by molar-refractivity contribution is -0.143. The first-order valence-electron chi connectivity index (χ1n) is 26.4. The summed E-state index contributed by atoms with van der Waals surface area (Å²) in [6, 6.07) is -0.638. The maximum atomic E-state index is 12.4. The van der Waals surface area contributed by atoms with Crippen LogP contribution >= 0.6 is 0 Å². The van der Waals surface area contributed by atoms with E-state index in [1.807, 2.05) is 6.08 Å². The maximum Gasteiger partial charge on any atom is 0.305 e. The SMILES string of the molecule is CCCC/C=C\C/C=C\CCCCCCCC(=O)OCCCCCCCCCCC/C=C\CCCCCCCC(=O)NC(CO)C(O)/C=C/CCCCCCCCCCCC. The first kappa shape index (κ1) is 58.8. The van der Waals surface area contributed by atoms with Crippen LogP contribution in [0.5, 0.6) is 0 Å². The van der Waals surface area contributed by atoms with Crippen molar-refractivity contribution in [3.63, 3.8) is 0 Å². The van der Waals surface area contributed by atoms with Gasteiger partial charge in [0.25, 0.3) is 0 Å². The molecule has 0 aromatic carbocycles. The first-order chi connectivity index (χ1) is 30.0. The standard InChI is InChI=1S/C55H101NO5/c1-3-5-7-9-11-13-15-17-25-29-33-37-41-45-49-55(60)61-50-46-42-38-34-30-26-23-21-19-18-20-22-24-28-32-36-40-44-48-54(59)56-52(51-57)53(58)47-43-39-35-31-27-16-14-12-10-8-6-4-2/h9,11,15,17,20,22,43,47,52-53,57-58H,3-8,10,12-14,16,18-19,21,23-42,44-46,48-51H2,1-2H3,(H,56,59)/b11-9-,17-15-,22-20-,47-43+. The Kier molecular flexibility index (Phi) is 48.7. The Morgan fingerprint density at radius 1 is 0.459 bits per heavy atom. The molecule has 6 nitrogen and oxygen atoms in total. The van der Waals surface area contributed by atoms with Gasteiger partial charge in [-0.05, 0) is 83.5 Å². The molecular weight excluding hydrogens is 755 g/mol. The Hall–Kier alpha value is -2.18. The van der Waals surface area contributed by atoms with Crippen LogP contribution in [0.4, 0.5) is 0 Å². The van der Waals surface area contributed by atoms with Crippen molar-refractivity contribution in [1.29, 1.82) is 0 Å². The van der Waals surface area contributed by atoms with Crippen LogP contribution < -0.4 is 5.32 Å². The Morgan fingerprint density at radius 3 is 1.31 bits per heavy atom. The molecule has 6 heteroatoms. The maximum absolute atomic E-state index is 12.4. The van der Waals surface area contributed by atoms with E-state index in [0.717, 1.165) is 70.6 Å². The number of hydrogen-bond donors (Lipinski definition) is 3. The highest BCUT2D eigenvalue weighted by molar-refractivity contribution is 5.76. The van der Waals surface area contributed by atoms with E-state index in [2.05, 4.69) is 55.6 Å². The quantitative estimate of drug-likeness (QED) is 0.0322. The number of rotatable bonds is 48. The zero-order valence-corrected chi connectivity index (χ0v) is 40.4. The number of esters is 1. The van der Waals surface area contributed by atoms with Crippen molar-refractivity contribution in [2.24, 2.45) is 0 Å². The van der Waals surface area contributed by atoms with E-state index in [1.54, 1.807) is 6.08 Å². The minimum absolute atomic E-state index is 0.0135. The Morgan fingerprint density at radius 2 is 0.836 bits per heavy atom. The molecule has 3 N–H and O–H groups in total. The fraction of sp³-hybridized carbons (Fsp3) is 0.818. The fourth-order valence-electron chi connectivity index (χ4n) is 7.70. The average Bonchev–Trinajstić information content (AvgIpc) is 3.26. The fourth-order valence-corrected chi connectivity index (χ4v) is 7.70. The van der Waals surface area contributed by atoms with Crippen molar-refractivity contribution in [2.45, 2.75) is 276 Å². The number of amides is 1. The summed E-state index contributed by atoms with van der Waals surface area (Å²) in [5.74, 6) is -0.0982. The third kappa shape index (κ3) is 47.1. The van der Waals surface area contributed by atoms with Crippen molar-refractivity contribution in [3.8, 4) is 0 Å². The number of carbonyl (C=O) groups excluding carboxylic acids is 2. The lowest BCUT2D eigenvalue weighted by atomic mass is 10.1. The number of ether oxygens (including phenoxy) is 1. The van der Waals surface area contributed by atoms with Crippen LogP contribution in [0.2, 0.25) is 0 Å². The topological polar surface area (TPSA) is 95.9 Å². The predicted molar refractivity (Wildman–Crippen MR) is 264 cm³/mol. The lowest BCUT2D eigenvalue weighted by Gasteiger charge is -2.20. The molecule has 0 aromatic heterocycles. The molecular formula is C55H101NO5. The summed E-state index contributed by atoms with van der Waals surface area (Å²) in [6.07, 6.45) is 62.6. The molecule has 356 valence electrons. The number of aliphatic hydroxyl groups excluding tert-OH is 2. The molecule has 61 heavy (non-hydrogen) atoms. The second-order valence-corrected chi connectivity index (χ2v) is 17.8. The summed E-state index contributed by atoms with van der Waals surface area (Å²) in [4.78, 5) is 24.4. The molecule has 2 unspecified atom stereocenters. The van der Waals surface area contributed by atoms with Crippen molar-refractivity contribution in [3.05, 3.63) is 48.6 Å². The summed E-state index contributed by atoms with van der Waals surface area (Å²) >= 11 is 0. The molecule has 0 spiro atoms. The van der Waals surface area contributed by atoms with Gasteiger partial charge in [0.2, 0.25) is 5.91 Å². The minimum atomic E-state index is -0.853. The van der Waals surface area contributed by atoms with E-state index in [9.17, 15) is 19.8 Å². The molecule has 0 saturated carbocycles. The molecule has 0 radical (unpaired) electrons. The van der Waals surface area contributed by atoms with Crippen molar-refractivity contribution >= 4 is 11.9 Å². The van der Waals surface area contributed by atoms with Gasteiger partial charge in [-0.25, -0.2) is 0 Å². The third-order valence-corrected chi connectivity index (χ3v) is 11.8. The molecule has 0 aliphatic heterocycles. The molecule has 0 fully saturated rings. The number of nitrogens with one attached hydrogen (secondary N) is 1. The van der Waals surface area contributed by atoms with Crippen LogP contribution in [0.3, 0.4) is 0 Å². The summed E-state index contributed by atoms with van der Waals surface area (Å²) in [5.41, 5.74) is 0. The lowest BCUT2D eigenvalue weighted by Crippen LogP contribution is -2.45. The minimum Gasteiger partial charge on any atom is -0.466 e. The van der Waals surface area contributed by atoms with Crippen molar-refractivity contribution in [1.82, 2.24) is 5.32 Å². The van der Waals surface area contributed by atoms with Gasteiger partial charge in [-0.2, -0.15) is 0 Å². The highest BCUT2D eigenvalue weighted by Crippen LogP contribution is 2.15. The van der Waals surface area contributed by atoms with Crippen molar-refractivity contribution < 1.29 is 24.5 Å². The van der Waals surface area contributed by atoms with Gasteiger partial charge < -0.3 is 20.3 Å². The van der Waals surface area contributed by atoms with E-state index >= 15 is 0 Å². The van der Waals surface area contributed by atoms with Gasteiger partial charge in [0.15, 0.2) is 0 Å². The summed E-state index contributed by atoms with van der Waals surface area (Å²) in [5, 5.41) is 23.0. The van der Waals surface area contributed by atoms with E-state index in [4.69, 9.17) is 4.74 Å². The van der Waals surface area contributed by atoms with E-state index in [-0.39, 0.29) is 18.5 Å². The Bertz CT molecular complexity index is 1040. The second-order valence-electron chi connectivity index (χ2n) is 17.8. The monoisotopic (exact) mass is 856 g/mol. The van der Waals surface area contributed by atoms with E-state index in [1.165, 1.54) is 167 Å². The number of hydrogen-bond acceptors (Lipinski definition) is 5. The highest BCUT2D eigenvalue weighted by Gasteiger charge is 2.18. The summed E-state index contributed by atoms with van der Waals surface area (Å²) < 4.78 is 5.45.